The van der Waals surface area contributed by atoms with Crippen molar-refractivity contribution in [2.75, 3.05) is 4.90 Å². The van der Waals surface area contributed by atoms with Crippen molar-refractivity contribution >= 4 is 49.6 Å². The summed E-state index contributed by atoms with van der Waals surface area (Å²) in [5, 5.41) is 4.99. The Balaban J connectivity index is 1.01. The third-order valence-electron chi connectivity index (χ3n) is 11.8. The summed E-state index contributed by atoms with van der Waals surface area (Å²) < 4.78 is 2.46. The molecule has 282 valence electrons. The van der Waals surface area contributed by atoms with Crippen LogP contribution in [0.1, 0.15) is 0 Å². The third kappa shape index (κ3) is 6.32. The molecular weight excluding hydrogens is 725 g/mol. The van der Waals surface area contributed by atoms with Crippen LogP contribution in [0.3, 0.4) is 0 Å². The van der Waals surface area contributed by atoms with Gasteiger partial charge in [-0.2, -0.15) is 0 Å². The molecule has 0 atom stereocenters. The van der Waals surface area contributed by atoms with Gasteiger partial charge in [-0.25, -0.2) is 0 Å². The van der Waals surface area contributed by atoms with Crippen molar-refractivity contribution in [2.45, 2.75) is 0 Å². The highest BCUT2D eigenvalue weighted by atomic mass is 15.1. The Morgan fingerprint density at radius 3 is 1.37 bits per heavy atom. The Kier molecular flexibility index (Phi) is 8.87. The number of hydrogen-bond donors (Lipinski definition) is 0. The zero-order valence-electron chi connectivity index (χ0n) is 33.0. The molecule has 0 radical (unpaired) electrons. The first-order chi connectivity index (χ1) is 29.8. The van der Waals surface area contributed by atoms with Crippen LogP contribution in [-0.2, 0) is 0 Å². The summed E-state index contributed by atoms with van der Waals surface area (Å²) in [7, 11) is 0. The summed E-state index contributed by atoms with van der Waals surface area (Å²) in [5.41, 5.74) is 16.4. The van der Waals surface area contributed by atoms with Gasteiger partial charge in [-0.3, -0.25) is 0 Å². The Hall–Kier alpha value is -7.94. The Morgan fingerprint density at radius 2 is 0.717 bits per heavy atom. The number of aromatic nitrogens is 1. The molecule has 0 bridgehead atoms. The van der Waals surface area contributed by atoms with Gasteiger partial charge in [0.05, 0.1) is 16.7 Å². The van der Waals surface area contributed by atoms with Crippen LogP contribution in [0.2, 0.25) is 0 Å². The number of hydrogen-bond acceptors (Lipinski definition) is 1. The van der Waals surface area contributed by atoms with Crippen LogP contribution in [0.15, 0.2) is 243 Å². The summed E-state index contributed by atoms with van der Waals surface area (Å²) >= 11 is 0. The molecule has 0 saturated carbocycles. The average molecular weight is 765 g/mol. The minimum Gasteiger partial charge on any atom is -0.311 e. The second-order valence-corrected chi connectivity index (χ2v) is 15.3. The van der Waals surface area contributed by atoms with E-state index in [4.69, 9.17) is 0 Å². The molecule has 0 aliphatic rings. The summed E-state index contributed by atoms with van der Waals surface area (Å²) in [6, 6.07) is 87.8. The molecule has 0 aliphatic carbocycles. The zero-order chi connectivity index (χ0) is 39.8. The van der Waals surface area contributed by atoms with Gasteiger partial charge in [0, 0.05) is 33.4 Å². The highest BCUT2D eigenvalue weighted by Crippen LogP contribution is 2.41. The summed E-state index contributed by atoms with van der Waals surface area (Å²) in [6.07, 6.45) is 0. The van der Waals surface area contributed by atoms with E-state index in [1.54, 1.807) is 0 Å². The quantitative estimate of drug-likeness (QED) is 0.150. The van der Waals surface area contributed by atoms with Crippen molar-refractivity contribution in [3.63, 3.8) is 0 Å². The highest BCUT2D eigenvalue weighted by molar-refractivity contribution is 6.11. The maximum atomic E-state index is 2.46. The predicted octanol–water partition coefficient (Wildman–Crippen LogP) is 16.1. The lowest BCUT2D eigenvalue weighted by Gasteiger charge is -2.26. The first-order valence-corrected chi connectivity index (χ1v) is 20.6. The van der Waals surface area contributed by atoms with E-state index in [0.29, 0.717) is 0 Å². The van der Waals surface area contributed by atoms with Crippen LogP contribution in [0, 0.1) is 0 Å². The fraction of sp³-hybridized carbons (Fsp3) is 0. The molecule has 11 rings (SSSR count). The number of rotatable bonds is 8. The molecule has 11 aromatic rings. The van der Waals surface area contributed by atoms with Crippen LogP contribution in [0.4, 0.5) is 17.1 Å². The van der Waals surface area contributed by atoms with E-state index in [1.807, 2.05) is 0 Å². The van der Waals surface area contributed by atoms with Crippen molar-refractivity contribution in [3.8, 4) is 50.2 Å². The molecule has 2 nitrogen and oxygen atoms in total. The van der Waals surface area contributed by atoms with E-state index in [1.165, 1.54) is 71.5 Å². The minimum absolute atomic E-state index is 1.09. The van der Waals surface area contributed by atoms with Gasteiger partial charge in [-0.1, -0.05) is 188 Å². The van der Waals surface area contributed by atoms with Crippen LogP contribution in [0.5, 0.6) is 0 Å². The predicted molar refractivity (Wildman–Crippen MR) is 255 cm³/mol. The fourth-order valence-corrected chi connectivity index (χ4v) is 8.89. The van der Waals surface area contributed by atoms with Gasteiger partial charge >= 0.3 is 0 Å². The lowest BCUT2D eigenvalue weighted by Crippen LogP contribution is -2.09. The van der Waals surface area contributed by atoms with Crippen LogP contribution in [-0.4, -0.2) is 4.57 Å². The SMILES string of the molecule is c1ccc(-c2ccc(N(c3ccc(-c4ccccc4)cc3)c3ccc(-c4ccccc4-n4c5ccccc5c5ccc(-c6cccc7ccccc67)cc54)cc3)cc2)cc1. The maximum Gasteiger partial charge on any atom is 0.0547 e. The molecule has 60 heavy (non-hydrogen) atoms. The Morgan fingerprint density at radius 1 is 0.267 bits per heavy atom. The summed E-state index contributed by atoms with van der Waals surface area (Å²) in [6.45, 7) is 0. The van der Waals surface area contributed by atoms with E-state index in [-0.39, 0.29) is 0 Å². The Bertz CT molecular complexity index is 3180. The molecule has 0 saturated heterocycles. The third-order valence-corrected chi connectivity index (χ3v) is 11.8. The topological polar surface area (TPSA) is 8.17 Å². The Labute approximate surface area is 350 Å². The van der Waals surface area contributed by atoms with Crippen LogP contribution in [0.25, 0.3) is 82.8 Å². The molecule has 1 aromatic heterocycles. The van der Waals surface area contributed by atoms with Gasteiger partial charge in [0.25, 0.3) is 0 Å². The molecule has 0 aliphatic heterocycles. The standard InChI is InChI=1S/C58H40N2/c1-3-14-41(15-4-1)43-26-33-48(34-27-43)59(49-35-28-44(29-36-49)42-16-5-2-6-17-42)50-37-30-46(31-38-50)53-21-9-11-24-56(53)60-57-25-12-10-22-54(57)55-39-32-47(40-58(55)60)52-23-13-19-45-18-7-8-20-51(45)52/h1-40H. The molecular formula is C58H40N2. The lowest BCUT2D eigenvalue weighted by atomic mass is 9.97. The number of anilines is 3. The van der Waals surface area contributed by atoms with Crippen molar-refractivity contribution in [2.24, 2.45) is 0 Å². The second-order valence-electron chi connectivity index (χ2n) is 15.3. The summed E-state index contributed by atoms with van der Waals surface area (Å²) in [5.74, 6) is 0. The summed E-state index contributed by atoms with van der Waals surface area (Å²) in [4.78, 5) is 2.35. The van der Waals surface area contributed by atoms with E-state index >= 15 is 0 Å². The molecule has 0 unspecified atom stereocenters. The van der Waals surface area contributed by atoms with Gasteiger partial charge in [0.2, 0.25) is 0 Å². The van der Waals surface area contributed by atoms with Crippen molar-refractivity contribution in [3.05, 3.63) is 243 Å². The second kappa shape index (κ2) is 15.1. The monoisotopic (exact) mass is 764 g/mol. The first kappa shape index (κ1) is 35.2. The lowest BCUT2D eigenvalue weighted by molar-refractivity contribution is 1.18. The zero-order valence-corrected chi connectivity index (χ0v) is 33.0. The van der Waals surface area contributed by atoms with E-state index < -0.39 is 0 Å². The average Bonchev–Trinajstić information content (AvgIpc) is 3.66. The van der Waals surface area contributed by atoms with Crippen molar-refractivity contribution in [1.29, 1.82) is 0 Å². The first-order valence-electron chi connectivity index (χ1n) is 20.6. The van der Waals surface area contributed by atoms with Gasteiger partial charge in [0.15, 0.2) is 0 Å². The van der Waals surface area contributed by atoms with E-state index in [2.05, 4.69) is 252 Å². The largest absolute Gasteiger partial charge is 0.311 e. The van der Waals surface area contributed by atoms with Crippen molar-refractivity contribution in [1.82, 2.24) is 4.57 Å². The molecule has 0 N–H and O–H groups in total. The number of para-hydroxylation sites is 2. The van der Waals surface area contributed by atoms with Gasteiger partial charge in [0.1, 0.15) is 0 Å². The number of fused-ring (bicyclic) bond motifs is 4. The molecule has 10 aromatic carbocycles. The van der Waals surface area contributed by atoms with Crippen LogP contribution < -0.4 is 4.90 Å². The highest BCUT2D eigenvalue weighted by Gasteiger charge is 2.18. The molecule has 2 heteroatoms. The van der Waals surface area contributed by atoms with Gasteiger partial charge in [-0.05, 0) is 104 Å². The van der Waals surface area contributed by atoms with Gasteiger partial charge < -0.3 is 9.47 Å². The van der Waals surface area contributed by atoms with Gasteiger partial charge in [-0.15, -0.1) is 0 Å². The fourth-order valence-electron chi connectivity index (χ4n) is 8.89. The van der Waals surface area contributed by atoms with E-state index in [9.17, 15) is 0 Å². The van der Waals surface area contributed by atoms with Crippen molar-refractivity contribution < 1.29 is 0 Å². The molecule has 1 heterocycles. The normalized spacial score (nSPS) is 11.3. The molecule has 0 amide bonds. The minimum atomic E-state index is 1.09. The number of benzene rings is 10. The van der Waals surface area contributed by atoms with E-state index in [0.717, 1.165) is 28.3 Å². The molecule has 0 fully saturated rings. The smallest absolute Gasteiger partial charge is 0.0547 e. The maximum absolute atomic E-state index is 2.46. The number of nitrogens with zero attached hydrogens (tertiary/aromatic N) is 2. The molecule has 0 spiro atoms. The van der Waals surface area contributed by atoms with Crippen LogP contribution >= 0.6 is 0 Å².